The van der Waals surface area contributed by atoms with Crippen molar-refractivity contribution < 1.29 is 10.0 Å². The highest BCUT2D eigenvalue weighted by Crippen LogP contribution is 2.26. The number of nitro benzene ring substituents is 1. The van der Waals surface area contributed by atoms with Crippen LogP contribution in [0.2, 0.25) is 0 Å². The molecule has 1 aromatic heterocycles. The van der Waals surface area contributed by atoms with E-state index in [4.69, 9.17) is 5.11 Å². The van der Waals surface area contributed by atoms with Gasteiger partial charge in [-0.3, -0.25) is 14.8 Å². The van der Waals surface area contributed by atoms with Gasteiger partial charge < -0.3 is 10.4 Å². The Morgan fingerprint density at radius 1 is 1.50 bits per heavy atom. The van der Waals surface area contributed by atoms with Crippen molar-refractivity contribution >= 4 is 11.4 Å². The number of anilines is 1. The Kier molecular flexibility index (Phi) is 3.99. The monoisotopic (exact) mass is 276 g/mol. The molecule has 0 fully saturated rings. The van der Waals surface area contributed by atoms with Crippen molar-refractivity contribution in [3.05, 3.63) is 51.3 Å². The zero-order chi connectivity index (χ0) is 14.7. The van der Waals surface area contributed by atoms with Gasteiger partial charge in [0.15, 0.2) is 0 Å². The molecule has 106 valence electrons. The summed E-state index contributed by atoms with van der Waals surface area (Å²) in [6, 6.07) is 4.52. The first-order valence-electron chi connectivity index (χ1n) is 6.12. The maximum atomic E-state index is 11.0. The van der Waals surface area contributed by atoms with Crippen LogP contribution < -0.4 is 5.32 Å². The Morgan fingerprint density at radius 2 is 2.25 bits per heavy atom. The summed E-state index contributed by atoms with van der Waals surface area (Å²) in [5.74, 6) is 0. The molecule has 0 saturated heterocycles. The van der Waals surface area contributed by atoms with E-state index in [1.54, 1.807) is 23.0 Å². The van der Waals surface area contributed by atoms with Crippen molar-refractivity contribution in [1.29, 1.82) is 0 Å². The number of nitro groups is 1. The summed E-state index contributed by atoms with van der Waals surface area (Å²) in [7, 11) is 1.84. The van der Waals surface area contributed by atoms with Crippen LogP contribution in [-0.4, -0.2) is 19.8 Å². The number of aliphatic hydroxyl groups is 1. The largest absolute Gasteiger partial charge is 0.392 e. The molecule has 0 unspecified atom stereocenters. The number of aromatic nitrogens is 2. The molecule has 1 heterocycles. The number of hydrogen-bond donors (Lipinski definition) is 2. The number of nitrogens with one attached hydrogen (secondary N) is 1. The van der Waals surface area contributed by atoms with E-state index in [0.717, 1.165) is 11.3 Å². The summed E-state index contributed by atoms with van der Waals surface area (Å²) in [4.78, 5) is 10.5. The second-order valence-electron chi connectivity index (χ2n) is 4.50. The van der Waals surface area contributed by atoms with Crippen molar-refractivity contribution in [3.8, 4) is 0 Å². The molecule has 2 aromatic rings. The maximum absolute atomic E-state index is 11.0. The van der Waals surface area contributed by atoms with E-state index in [2.05, 4.69) is 10.4 Å². The first-order chi connectivity index (χ1) is 9.52. The van der Waals surface area contributed by atoms with E-state index in [9.17, 15) is 10.1 Å². The minimum Gasteiger partial charge on any atom is -0.392 e. The Morgan fingerprint density at radius 3 is 2.80 bits per heavy atom. The molecule has 7 nitrogen and oxygen atoms in total. The fourth-order valence-electron chi connectivity index (χ4n) is 1.89. The number of rotatable bonds is 5. The standard InChI is InChI=1S/C13H16N4O3/c1-9-11(7-15-16(9)2)6-14-12-5-10(8-18)3-4-13(12)17(19)20/h3-5,7,14,18H,6,8H2,1-2H3. The third kappa shape index (κ3) is 2.77. The molecule has 0 atom stereocenters. The lowest BCUT2D eigenvalue weighted by molar-refractivity contribution is -0.384. The molecular formula is C13H16N4O3. The van der Waals surface area contributed by atoms with Gasteiger partial charge in [0.1, 0.15) is 5.69 Å². The Bertz CT molecular complexity index is 637. The molecule has 0 aliphatic carbocycles. The molecular weight excluding hydrogens is 260 g/mol. The van der Waals surface area contributed by atoms with Gasteiger partial charge in [0.25, 0.3) is 5.69 Å². The van der Waals surface area contributed by atoms with Crippen LogP contribution >= 0.6 is 0 Å². The molecule has 0 aliphatic rings. The zero-order valence-electron chi connectivity index (χ0n) is 11.3. The van der Waals surface area contributed by atoms with Crippen LogP contribution in [0.15, 0.2) is 24.4 Å². The van der Waals surface area contributed by atoms with E-state index in [0.29, 0.717) is 17.8 Å². The highest BCUT2D eigenvalue weighted by atomic mass is 16.6. The van der Waals surface area contributed by atoms with Crippen LogP contribution in [0.1, 0.15) is 16.8 Å². The van der Waals surface area contributed by atoms with Gasteiger partial charge in [-0.15, -0.1) is 0 Å². The van der Waals surface area contributed by atoms with Gasteiger partial charge in [0, 0.05) is 30.9 Å². The number of aryl methyl sites for hydroxylation is 1. The summed E-state index contributed by atoms with van der Waals surface area (Å²) < 4.78 is 1.75. The Labute approximate surface area is 116 Å². The zero-order valence-corrected chi connectivity index (χ0v) is 11.3. The van der Waals surface area contributed by atoms with Gasteiger partial charge >= 0.3 is 0 Å². The number of benzene rings is 1. The third-order valence-electron chi connectivity index (χ3n) is 3.25. The van der Waals surface area contributed by atoms with Crippen LogP contribution in [0.25, 0.3) is 0 Å². The van der Waals surface area contributed by atoms with E-state index < -0.39 is 4.92 Å². The van der Waals surface area contributed by atoms with Gasteiger partial charge in [-0.25, -0.2) is 0 Å². The lowest BCUT2D eigenvalue weighted by Crippen LogP contribution is -2.04. The van der Waals surface area contributed by atoms with Crippen LogP contribution in [0, 0.1) is 17.0 Å². The van der Waals surface area contributed by atoms with Crippen molar-refractivity contribution in [1.82, 2.24) is 9.78 Å². The lowest BCUT2D eigenvalue weighted by Gasteiger charge is -2.08. The van der Waals surface area contributed by atoms with Gasteiger partial charge in [-0.1, -0.05) is 0 Å². The topological polar surface area (TPSA) is 93.2 Å². The first kappa shape index (κ1) is 14.0. The SMILES string of the molecule is Cc1c(CNc2cc(CO)ccc2[N+](=O)[O-])cnn1C. The predicted molar refractivity (Wildman–Crippen MR) is 74.3 cm³/mol. The summed E-state index contributed by atoms with van der Waals surface area (Å²) in [6.07, 6.45) is 1.73. The van der Waals surface area contributed by atoms with Crippen molar-refractivity contribution in [2.24, 2.45) is 7.05 Å². The van der Waals surface area contributed by atoms with Gasteiger partial charge in [-0.05, 0) is 24.6 Å². The Balaban J connectivity index is 2.23. The predicted octanol–water partition coefficient (Wildman–Crippen LogP) is 1.74. The van der Waals surface area contributed by atoms with Crippen molar-refractivity contribution in [2.45, 2.75) is 20.1 Å². The van der Waals surface area contributed by atoms with Gasteiger partial charge in [-0.2, -0.15) is 5.10 Å². The lowest BCUT2D eigenvalue weighted by atomic mass is 10.1. The van der Waals surface area contributed by atoms with E-state index >= 15 is 0 Å². The maximum Gasteiger partial charge on any atom is 0.292 e. The molecule has 0 aliphatic heterocycles. The fraction of sp³-hybridized carbons (Fsp3) is 0.308. The molecule has 0 bridgehead atoms. The minimum absolute atomic E-state index is 0.0104. The first-order valence-corrected chi connectivity index (χ1v) is 6.12. The quantitative estimate of drug-likeness (QED) is 0.641. The molecule has 2 rings (SSSR count). The average molecular weight is 276 g/mol. The van der Waals surface area contributed by atoms with Crippen LogP contribution in [0.3, 0.4) is 0 Å². The Hall–Kier alpha value is -2.41. The van der Waals surface area contributed by atoms with E-state index in [1.165, 1.54) is 6.07 Å². The average Bonchev–Trinajstić information content (AvgIpc) is 2.76. The molecule has 0 spiro atoms. The molecule has 2 N–H and O–H groups in total. The number of hydrogen-bond acceptors (Lipinski definition) is 5. The molecule has 7 heteroatoms. The van der Waals surface area contributed by atoms with Crippen LogP contribution in [-0.2, 0) is 20.2 Å². The molecule has 0 amide bonds. The highest BCUT2D eigenvalue weighted by molar-refractivity contribution is 5.62. The molecule has 0 radical (unpaired) electrons. The van der Waals surface area contributed by atoms with Crippen molar-refractivity contribution in [3.63, 3.8) is 0 Å². The number of aliphatic hydroxyl groups excluding tert-OH is 1. The number of nitrogens with zero attached hydrogens (tertiary/aromatic N) is 3. The van der Waals surface area contributed by atoms with Crippen LogP contribution in [0.4, 0.5) is 11.4 Å². The third-order valence-corrected chi connectivity index (χ3v) is 3.25. The smallest absolute Gasteiger partial charge is 0.292 e. The van der Waals surface area contributed by atoms with Crippen LogP contribution in [0.5, 0.6) is 0 Å². The molecule has 1 aromatic carbocycles. The second kappa shape index (κ2) is 5.70. The highest BCUT2D eigenvalue weighted by Gasteiger charge is 2.14. The minimum atomic E-state index is -0.445. The van der Waals surface area contributed by atoms with Gasteiger partial charge in [0.05, 0.1) is 17.7 Å². The van der Waals surface area contributed by atoms with E-state index in [-0.39, 0.29) is 12.3 Å². The fourth-order valence-corrected chi connectivity index (χ4v) is 1.89. The molecule has 0 saturated carbocycles. The molecule has 20 heavy (non-hydrogen) atoms. The summed E-state index contributed by atoms with van der Waals surface area (Å²) in [6.45, 7) is 2.22. The second-order valence-corrected chi connectivity index (χ2v) is 4.50. The summed E-state index contributed by atoms with van der Waals surface area (Å²) in [5.41, 5.74) is 2.98. The van der Waals surface area contributed by atoms with Crippen molar-refractivity contribution in [2.75, 3.05) is 5.32 Å². The normalized spacial score (nSPS) is 10.6. The van der Waals surface area contributed by atoms with Gasteiger partial charge in [0.2, 0.25) is 0 Å². The van der Waals surface area contributed by atoms with E-state index in [1.807, 2.05) is 14.0 Å². The summed E-state index contributed by atoms with van der Waals surface area (Å²) in [5, 5.41) is 27.3. The summed E-state index contributed by atoms with van der Waals surface area (Å²) >= 11 is 0.